The molecular weight excluding hydrogens is 367 g/mol. The molecule has 1 fully saturated rings. The maximum absolute atomic E-state index is 12.3. The van der Waals surface area contributed by atoms with Crippen molar-refractivity contribution in [1.82, 2.24) is 10.3 Å². The van der Waals surface area contributed by atoms with Crippen LogP contribution in [-0.2, 0) is 11.2 Å². The lowest BCUT2D eigenvalue weighted by Crippen LogP contribution is -2.45. The van der Waals surface area contributed by atoms with Crippen molar-refractivity contribution in [2.45, 2.75) is 46.0 Å². The number of carbonyl (C=O) groups is 1. The summed E-state index contributed by atoms with van der Waals surface area (Å²) in [4.78, 5) is 19.4. The van der Waals surface area contributed by atoms with Crippen molar-refractivity contribution < 1.29 is 4.79 Å². The van der Waals surface area contributed by atoms with Gasteiger partial charge >= 0.3 is 0 Å². The van der Waals surface area contributed by atoms with Crippen LogP contribution >= 0.6 is 36.2 Å². The number of nitrogens with one attached hydrogen (secondary N) is 1. The van der Waals surface area contributed by atoms with E-state index >= 15 is 0 Å². The SMILES string of the molecule is CCC(CC)(CN)C(=O)NCCc1csc(N2CCCC2)n1.Cl.Cl. The second kappa shape index (κ2) is 11.1. The smallest absolute Gasteiger partial charge is 0.227 e. The summed E-state index contributed by atoms with van der Waals surface area (Å²) < 4.78 is 0. The topological polar surface area (TPSA) is 71.2 Å². The summed E-state index contributed by atoms with van der Waals surface area (Å²) in [6.07, 6.45) is 4.87. The van der Waals surface area contributed by atoms with Gasteiger partial charge in [-0.3, -0.25) is 4.79 Å². The summed E-state index contributed by atoms with van der Waals surface area (Å²) in [5.74, 6) is 0.0787. The zero-order chi connectivity index (χ0) is 16.0. The number of anilines is 1. The minimum absolute atomic E-state index is 0. The Bertz CT molecular complexity index is 480. The molecule has 0 aliphatic carbocycles. The Morgan fingerprint density at radius 3 is 2.50 bits per heavy atom. The van der Waals surface area contributed by atoms with E-state index < -0.39 is 5.41 Å². The van der Waals surface area contributed by atoms with Gasteiger partial charge in [0, 0.05) is 38.0 Å². The number of nitrogens with zero attached hydrogens (tertiary/aromatic N) is 2. The van der Waals surface area contributed by atoms with Crippen LogP contribution in [0.25, 0.3) is 0 Å². The summed E-state index contributed by atoms with van der Waals surface area (Å²) in [6.45, 7) is 7.33. The largest absolute Gasteiger partial charge is 0.355 e. The fraction of sp³-hybridized carbons (Fsp3) is 0.750. The highest BCUT2D eigenvalue weighted by atomic mass is 35.5. The van der Waals surface area contributed by atoms with Crippen molar-refractivity contribution in [3.8, 4) is 0 Å². The van der Waals surface area contributed by atoms with Crippen LogP contribution in [0.4, 0.5) is 5.13 Å². The summed E-state index contributed by atoms with van der Waals surface area (Å²) in [6, 6.07) is 0. The van der Waals surface area contributed by atoms with Crippen molar-refractivity contribution in [3.05, 3.63) is 11.1 Å². The number of halogens is 2. The second-order valence-electron chi connectivity index (χ2n) is 6.01. The maximum atomic E-state index is 12.3. The summed E-state index contributed by atoms with van der Waals surface area (Å²) in [7, 11) is 0. The van der Waals surface area contributed by atoms with Crippen molar-refractivity contribution in [3.63, 3.8) is 0 Å². The molecule has 0 radical (unpaired) electrons. The summed E-state index contributed by atoms with van der Waals surface area (Å²) in [5, 5.41) is 6.26. The van der Waals surface area contributed by atoms with Gasteiger partial charge in [-0.1, -0.05) is 13.8 Å². The number of hydrogen-bond acceptors (Lipinski definition) is 5. The predicted molar refractivity (Wildman–Crippen MR) is 107 cm³/mol. The van der Waals surface area contributed by atoms with E-state index in [1.165, 1.54) is 12.8 Å². The maximum Gasteiger partial charge on any atom is 0.227 e. The van der Waals surface area contributed by atoms with E-state index in [-0.39, 0.29) is 30.7 Å². The van der Waals surface area contributed by atoms with Gasteiger partial charge in [0.05, 0.1) is 11.1 Å². The third kappa shape index (κ3) is 5.48. The molecular formula is C16H30Cl2N4OS. The number of thiazole rings is 1. The van der Waals surface area contributed by atoms with E-state index in [0.29, 0.717) is 13.1 Å². The number of aromatic nitrogens is 1. The van der Waals surface area contributed by atoms with Gasteiger partial charge in [-0.05, 0) is 25.7 Å². The van der Waals surface area contributed by atoms with E-state index in [9.17, 15) is 4.79 Å². The lowest BCUT2D eigenvalue weighted by molar-refractivity contribution is -0.131. The summed E-state index contributed by atoms with van der Waals surface area (Å²) in [5.41, 5.74) is 6.46. The standard InChI is InChI=1S/C16H28N4OS.2ClH/c1-3-16(4-2,12-17)14(21)18-8-7-13-11-22-15(19-13)20-9-5-6-10-20;;/h11H,3-10,12,17H2,1-2H3,(H,18,21);2*1H. The molecule has 8 heteroatoms. The lowest BCUT2D eigenvalue weighted by Gasteiger charge is -2.28. The third-order valence-electron chi connectivity index (χ3n) is 4.81. The highest BCUT2D eigenvalue weighted by Crippen LogP contribution is 2.26. The molecule has 1 amide bonds. The first-order chi connectivity index (χ1) is 10.6. The fourth-order valence-corrected chi connectivity index (χ4v) is 3.82. The molecule has 24 heavy (non-hydrogen) atoms. The predicted octanol–water partition coefficient (Wildman–Crippen LogP) is 3.01. The molecule has 0 spiro atoms. The van der Waals surface area contributed by atoms with Crippen molar-refractivity contribution in [2.75, 3.05) is 31.1 Å². The van der Waals surface area contributed by atoms with Crippen molar-refractivity contribution in [1.29, 1.82) is 0 Å². The molecule has 0 saturated carbocycles. The molecule has 1 aromatic heterocycles. The van der Waals surface area contributed by atoms with Gasteiger partial charge in [-0.25, -0.2) is 4.98 Å². The first kappa shape index (κ1) is 23.4. The zero-order valence-electron chi connectivity index (χ0n) is 14.5. The van der Waals surface area contributed by atoms with E-state index in [2.05, 4.69) is 20.6 Å². The van der Waals surface area contributed by atoms with Gasteiger partial charge in [-0.2, -0.15) is 0 Å². The quantitative estimate of drug-likeness (QED) is 0.708. The Morgan fingerprint density at radius 1 is 1.33 bits per heavy atom. The monoisotopic (exact) mass is 396 g/mol. The highest BCUT2D eigenvalue weighted by molar-refractivity contribution is 7.13. The first-order valence-electron chi connectivity index (χ1n) is 8.33. The van der Waals surface area contributed by atoms with Crippen LogP contribution in [0.15, 0.2) is 5.38 Å². The zero-order valence-corrected chi connectivity index (χ0v) is 17.0. The van der Waals surface area contributed by atoms with Crippen LogP contribution in [0.2, 0.25) is 0 Å². The average Bonchev–Trinajstić information content (AvgIpc) is 3.21. The normalized spacial score (nSPS) is 14.0. The van der Waals surface area contributed by atoms with Crippen LogP contribution < -0.4 is 16.0 Å². The molecule has 3 N–H and O–H groups in total. The highest BCUT2D eigenvalue weighted by Gasteiger charge is 2.32. The summed E-state index contributed by atoms with van der Waals surface area (Å²) >= 11 is 1.71. The van der Waals surface area contributed by atoms with E-state index in [4.69, 9.17) is 5.73 Å². The van der Waals surface area contributed by atoms with Gasteiger partial charge in [0.15, 0.2) is 5.13 Å². The molecule has 0 atom stereocenters. The molecule has 1 aliphatic rings. The second-order valence-corrected chi connectivity index (χ2v) is 6.85. The molecule has 5 nitrogen and oxygen atoms in total. The van der Waals surface area contributed by atoms with E-state index in [1.807, 2.05) is 13.8 Å². The van der Waals surface area contributed by atoms with Gasteiger partial charge in [0.25, 0.3) is 0 Å². The fourth-order valence-electron chi connectivity index (χ4n) is 2.91. The molecule has 1 saturated heterocycles. The molecule has 0 aromatic carbocycles. The van der Waals surface area contributed by atoms with Crippen LogP contribution in [0, 0.1) is 5.41 Å². The molecule has 1 aromatic rings. The minimum Gasteiger partial charge on any atom is -0.355 e. The van der Waals surface area contributed by atoms with Crippen LogP contribution in [-0.4, -0.2) is 37.1 Å². The molecule has 0 bridgehead atoms. The number of hydrogen-bond donors (Lipinski definition) is 2. The van der Waals surface area contributed by atoms with Gasteiger partial charge < -0.3 is 16.0 Å². The Kier molecular flexibility index (Phi) is 10.9. The van der Waals surface area contributed by atoms with Gasteiger partial charge in [-0.15, -0.1) is 36.2 Å². The van der Waals surface area contributed by atoms with Crippen LogP contribution in [0.1, 0.15) is 45.2 Å². The van der Waals surface area contributed by atoms with Crippen molar-refractivity contribution in [2.24, 2.45) is 11.1 Å². The van der Waals surface area contributed by atoms with Gasteiger partial charge in [0.1, 0.15) is 0 Å². The number of rotatable bonds is 8. The lowest BCUT2D eigenvalue weighted by atomic mass is 9.81. The molecule has 2 rings (SSSR count). The number of carbonyl (C=O) groups excluding carboxylic acids is 1. The minimum atomic E-state index is -0.414. The number of amides is 1. The van der Waals surface area contributed by atoms with Gasteiger partial charge in [0.2, 0.25) is 5.91 Å². The molecule has 2 heterocycles. The third-order valence-corrected chi connectivity index (χ3v) is 5.76. The first-order valence-corrected chi connectivity index (χ1v) is 9.21. The molecule has 1 aliphatic heterocycles. The van der Waals surface area contributed by atoms with Crippen molar-refractivity contribution >= 4 is 47.2 Å². The molecule has 0 unspecified atom stereocenters. The van der Waals surface area contributed by atoms with E-state index in [1.54, 1.807) is 11.3 Å². The Balaban J connectivity index is 0.00000264. The van der Waals surface area contributed by atoms with Crippen LogP contribution in [0.5, 0.6) is 0 Å². The van der Waals surface area contributed by atoms with Crippen LogP contribution in [0.3, 0.4) is 0 Å². The number of nitrogens with two attached hydrogens (primary N) is 1. The van der Waals surface area contributed by atoms with E-state index in [0.717, 1.165) is 43.2 Å². The Morgan fingerprint density at radius 2 is 1.96 bits per heavy atom. The average molecular weight is 397 g/mol. The molecule has 140 valence electrons. The Hall–Kier alpha value is -0.560. The Labute approximate surface area is 161 Å².